The van der Waals surface area contributed by atoms with E-state index in [1.165, 1.54) is 0 Å². The largest absolute Gasteiger partial charge is 0.457 e. The molecule has 1 aliphatic rings. The van der Waals surface area contributed by atoms with Crippen molar-refractivity contribution >= 4 is 17.5 Å². The van der Waals surface area contributed by atoms with Crippen LogP contribution in [0, 0.1) is 6.92 Å². The summed E-state index contributed by atoms with van der Waals surface area (Å²) in [6.45, 7) is 4.09. The normalized spacial score (nSPS) is 13.5. The third-order valence-electron chi connectivity index (χ3n) is 5.21. The molecule has 0 atom stereocenters. The second-order valence-corrected chi connectivity index (χ2v) is 7.28. The molecule has 31 heavy (non-hydrogen) atoms. The van der Waals surface area contributed by atoms with E-state index in [0.29, 0.717) is 48.9 Å². The van der Waals surface area contributed by atoms with E-state index in [4.69, 9.17) is 9.47 Å². The molecule has 1 heterocycles. The molecular formula is C25H24N2O4. The summed E-state index contributed by atoms with van der Waals surface area (Å²) < 4.78 is 11.1. The molecule has 0 unspecified atom stereocenters. The van der Waals surface area contributed by atoms with Crippen LogP contribution in [0.1, 0.15) is 26.3 Å². The zero-order valence-corrected chi connectivity index (χ0v) is 17.3. The van der Waals surface area contributed by atoms with Crippen molar-refractivity contribution < 1.29 is 19.1 Å². The Hall–Kier alpha value is -3.64. The number of ether oxygens (including phenoxy) is 2. The van der Waals surface area contributed by atoms with Gasteiger partial charge in [-0.1, -0.05) is 24.3 Å². The van der Waals surface area contributed by atoms with Crippen LogP contribution in [-0.2, 0) is 4.74 Å². The maximum Gasteiger partial charge on any atom is 0.255 e. The number of amides is 2. The first-order valence-electron chi connectivity index (χ1n) is 10.2. The number of morpholine rings is 1. The minimum absolute atomic E-state index is 0.0423. The topological polar surface area (TPSA) is 67.9 Å². The van der Waals surface area contributed by atoms with Gasteiger partial charge in [0.15, 0.2) is 0 Å². The van der Waals surface area contributed by atoms with Crippen LogP contribution in [0.15, 0.2) is 72.8 Å². The molecule has 1 aliphatic heterocycles. The monoisotopic (exact) mass is 416 g/mol. The average molecular weight is 416 g/mol. The van der Waals surface area contributed by atoms with Crippen LogP contribution < -0.4 is 10.1 Å². The smallest absolute Gasteiger partial charge is 0.255 e. The van der Waals surface area contributed by atoms with Gasteiger partial charge in [-0.05, 0) is 61.0 Å². The van der Waals surface area contributed by atoms with E-state index in [0.717, 1.165) is 11.3 Å². The van der Waals surface area contributed by atoms with E-state index in [-0.39, 0.29) is 11.8 Å². The highest BCUT2D eigenvalue weighted by atomic mass is 16.5. The lowest BCUT2D eigenvalue weighted by molar-refractivity contribution is 0.0302. The maximum absolute atomic E-state index is 12.9. The molecular weight excluding hydrogens is 392 g/mol. The number of carbonyl (C=O) groups is 2. The Morgan fingerprint density at radius 3 is 2.26 bits per heavy atom. The van der Waals surface area contributed by atoms with E-state index in [1.54, 1.807) is 47.4 Å². The number of rotatable bonds is 5. The molecule has 0 saturated carbocycles. The van der Waals surface area contributed by atoms with Crippen LogP contribution in [-0.4, -0.2) is 43.0 Å². The number of hydrogen-bond donors (Lipinski definition) is 1. The predicted molar refractivity (Wildman–Crippen MR) is 119 cm³/mol. The van der Waals surface area contributed by atoms with E-state index in [1.807, 2.05) is 37.3 Å². The number of para-hydroxylation sites is 1. The second kappa shape index (κ2) is 9.45. The average Bonchev–Trinajstić information content (AvgIpc) is 2.82. The van der Waals surface area contributed by atoms with Gasteiger partial charge in [-0.25, -0.2) is 0 Å². The van der Waals surface area contributed by atoms with Crippen molar-refractivity contribution in [2.45, 2.75) is 6.92 Å². The van der Waals surface area contributed by atoms with Crippen LogP contribution >= 0.6 is 0 Å². The first-order chi connectivity index (χ1) is 15.1. The molecule has 2 amide bonds. The molecule has 1 saturated heterocycles. The summed E-state index contributed by atoms with van der Waals surface area (Å²) in [7, 11) is 0. The Labute approximate surface area is 181 Å². The van der Waals surface area contributed by atoms with Gasteiger partial charge >= 0.3 is 0 Å². The molecule has 1 N–H and O–H groups in total. The first-order valence-corrected chi connectivity index (χ1v) is 10.2. The van der Waals surface area contributed by atoms with Crippen LogP contribution in [0.4, 0.5) is 5.69 Å². The molecule has 158 valence electrons. The predicted octanol–water partition coefficient (Wildman–Crippen LogP) is 4.51. The van der Waals surface area contributed by atoms with Crippen LogP contribution in [0.2, 0.25) is 0 Å². The van der Waals surface area contributed by atoms with E-state index >= 15 is 0 Å². The summed E-state index contributed by atoms with van der Waals surface area (Å²) in [5.74, 6) is 1.10. The van der Waals surface area contributed by atoms with Crippen molar-refractivity contribution in [1.82, 2.24) is 4.90 Å². The number of nitrogens with one attached hydrogen (secondary N) is 1. The molecule has 0 aliphatic carbocycles. The molecule has 6 nitrogen and oxygen atoms in total. The van der Waals surface area contributed by atoms with Gasteiger partial charge in [0.05, 0.1) is 13.2 Å². The van der Waals surface area contributed by atoms with Gasteiger partial charge in [-0.3, -0.25) is 9.59 Å². The van der Waals surface area contributed by atoms with Crippen molar-refractivity contribution in [3.63, 3.8) is 0 Å². The van der Waals surface area contributed by atoms with Gasteiger partial charge in [-0.15, -0.1) is 0 Å². The summed E-state index contributed by atoms with van der Waals surface area (Å²) >= 11 is 0. The van der Waals surface area contributed by atoms with Gasteiger partial charge in [0.25, 0.3) is 11.8 Å². The lowest BCUT2D eigenvalue weighted by Gasteiger charge is -2.27. The number of benzene rings is 3. The molecule has 3 aromatic rings. The molecule has 4 rings (SSSR count). The fourth-order valence-electron chi connectivity index (χ4n) is 3.43. The summed E-state index contributed by atoms with van der Waals surface area (Å²) in [6.07, 6.45) is 0. The highest BCUT2D eigenvalue weighted by molar-refractivity contribution is 6.06. The summed E-state index contributed by atoms with van der Waals surface area (Å²) in [6, 6.07) is 21.8. The van der Waals surface area contributed by atoms with Gasteiger partial charge < -0.3 is 19.7 Å². The fraction of sp³-hybridized carbons (Fsp3) is 0.200. The highest BCUT2D eigenvalue weighted by Gasteiger charge is 2.21. The molecule has 0 radical (unpaired) electrons. The van der Waals surface area contributed by atoms with Gasteiger partial charge in [-0.2, -0.15) is 0 Å². The van der Waals surface area contributed by atoms with Crippen LogP contribution in [0.3, 0.4) is 0 Å². The summed E-state index contributed by atoms with van der Waals surface area (Å²) in [4.78, 5) is 27.4. The lowest BCUT2D eigenvalue weighted by atomic mass is 10.0. The van der Waals surface area contributed by atoms with Crippen LogP contribution in [0.5, 0.6) is 11.5 Å². The summed E-state index contributed by atoms with van der Waals surface area (Å²) in [5.41, 5.74) is 2.46. The van der Waals surface area contributed by atoms with Crippen molar-refractivity contribution in [2.24, 2.45) is 0 Å². The standard InChI is InChI=1S/C25H24N2O4/c1-18-22(25(29)27-14-16-30-17-15-27)8-5-9-23(18)26-24(28)19-10-12-21(13-11-19)31-20-6-3-2-4-7-20/h2-13H,14-17H2,1H3,(H,26,28). The Bertz CT molecular complexity index is 1060. The molecule has 0 aromatic heterocycles. The molecule has 0 spiro atoms. The van der Waals surface area contributed by atoms with Gasteiger partial charge in [0, 0.05) is 29.9 Å². The van der Waals surface area contributed by atoms with Crippen molar-refractivity contribution in [3.05, 3.63) is 89.5 Å². The fourth-order valence-corrected chi connectivity index (χ4v) is 3.43. The van der Waals surface area contributed by atoms with E-state index in [2.05, 4.69) is 5.32 Å². The van der Waals surface area contributed by atoms with Crippen molar-refractivity contribution in [1.29, 1.82) is 0 Å². The third kappa shape index (κ3) is 4.92. The Kier molecular flexibility index (Phi) is 6.29. The quantitative estimate of drug-likeness (QED) is 0.664. The molecule has 0 bridgehead atoms. The molecule has 6 heteroatoms. The summed E-state index contributed by atoms with van der Waals surface area (Å²) in [5, 5.41) is 2.92. The SMILES string of the molecule is Cc1c(NC(=O)c2ccc(Oc3ccccc3)cc2)cccc1C(=O)N1CCOCC1. The number of anilines is 1. The number of carbonyl (C=O) groups excluding carboxylic acids is 2. The van der Waals surface area contributed by atoms with Crippen LogP contribution in [0.25, 0.3) is 0 Å². The van der Waals surface area contributed by atoms with E-state index in [9.17, 15) is 9.59 Å². The van der Waals surface area contributed by atoms with Crippen molar-refractivity contribution in [3.8, 4) is 11.5 Å². The second-order valence-electron chi connectivity index (χ2n) is 7.28. The minimum Gasteiger partial charge on any atom is -0.457 e. The molecule has 1 fully saturated rings. The van der Waals surface area contributed by atoms with Gasteiger partial charge in [0.1, 0.15) is 11.5 Å². The maximum atomic E-state index is 12.9. The Morgan fingerprint density at radius 2 is 1.55 bits per heavy atom. The number of hydrogen-bond acceptors (Lipinski definition) is 4. The van der Waals surface area contributed by atoms with Crippen molar-refractivity contribution in [2.75, 3.05) is 31.6 Å². The third-order valence-corrected chi connectivity index (χ3v) is 5.21. The zero-order chi connectivity index (χ0) is 21.6. The first kappa shape index (κ1) is 20.6. The minimum atomic E-state index is -0.245. The number of nitrogens with zero attached hydrogens (tertiary/aromatic N) is 1. The zero-order valence-electron chi connectivity index (χ0n) is 17.3. The highest BCUT2D eigenvalue weighted by Crippen LogP contribution is 2.24. The Morgan fingerprint density at radius 1 is 0.871 bits per heavy atom. The molecule has 3 aromatic carbocycles. The van der Waals surface area contributed by atoms with E-state index < -0.39 is 0 Å². The lowest BCUT2D eigenvalue weighted by Crippen LogP contribution is -2.41. The van der Waals surface area contributed by atoms with Gasteiger partial charge in [0.2, 0.25) is 0 Å². The Balaban J connectivity index is 1.45.